The summed E-state index contributed by atoms with van der Waals surface area (Å²) in [4.78, 5) is 38.2. The number of aryl methyl sites for hydroxylation is 1. The lowest BCUT2D eigenvalue weighted by atomic mass is 10.1. The Balaban J connectivity index is 1.75. The number of esters is 1. The summed E-state index contributed by atoms with van der Waals surface area (Å²) in [5.41, 5.74) is 1.49. The van der Waals surface area contributed by atoms with E-state index in [1.165, 1.54) is 18.3 Å². The van der Waals surface area contributed by atoms with Crippen molar-refractivity contribution >= 4 is 45.6 Å². The van der Waals surface area contributed by atoms with E-state index in [0.29, 0.717) is 21.2 Å². The van der Waals surface area contributed by atoms with Gasteiger partial charge in [-0.3, -0.25) is 9.59 Å². The molecule has 1 N–H and O–H groups in total. The lowest BCUT2D eigenvalue weighted by Crippen LogP contribution is -2.25. The Labute approximate surface area is 166 Å². The zero-order chi connectivity index (χ0) is 19.7. The summed E-state index contributed by atoms with van der Waals surface area (Å²) < 4.78 is 5.41. The molecule has 1 amide bonds. The van der Waals surface area contributed by atoms with Gasteiger partial charge in [-0.2, -0.15) is 0 Å². The van der Waals surface area contributed by atoms with E-state index in [2.05, 4.69) is 5.32 Å². The van der Waals surface area contributed by atoms with Crippen molar-refractivity contribution in [3.63, 3.8) is 0 Å². The summed E-state index contributed by atoms with van der Waals surface area (Å²) in [6, 6.07) is 6.41. The number of carbonyl (C=O) groups excluding carboxylic acids is 3. The van der Waals surface area contributed by atoms with E-state index in [-0.39, 0.29) is 17.6 Å². The highest BCUT2D eigenvalue weighted by atomic mass is 35.5. The second kappa shape index (κ2) is 7.82. The Kier molecular flexibility index (Phi) is 5.67. The lowest BCUT2D eigenvalue weighted by Gasteiger charge is -2.14. The minimum absolute atomic E-state index is 0.0296. The maximum Gasteiger partial charge on any atom is 0.342 e. The van der Waals surface area contributed by atoms with Crippen LogP contribution >= 0.6 is 22.9 Å². The van der Waals surface area contributed by atoms with Crippen LogP contribution in [0, 0.1) is 19.8 Å². The SMILES string of the molecule is Cc1sc(NC(=O)C2CC2)c(C(=O)O[C@H](C)C(=O)c2ccc(Cl)cc2)c1C. The second-order valence-electron chi connectivity index (χ2n) is 6.67. The number of carbonyl (C=O) groups is 3. The van der Waals surface area contributed by atoms with Crippen LogP contribution in [0.1, 0.15) is 50.9 Å². The van der Waals surface area contributed by atoms with Crippen molar-refractivity contribution in [1.82, 2.24) is 0 Å². The minimum Gasteiger partial charge on any atom is -0.451 e. The van der Waals surface area contributed by atoms with Crippen molar-refractivity contribution in [3.8, 4) is 0 Å². The molecule has 1 heterocycles. The van der Waals surface area contributed by atoms with Crippen LogP contribution in [0.15, 0.2) is 24.3 Å². The predicted molar refractivity (Wildman–Crippen MR) is 106 cm³/mol. The number of rotatable bonds is 6. The first-order valence-electron chi connectivity index (χ1n) is 8.69. The van der Waals surface area contributed by atoms with E-state index in [1.54, 1.807) is 31.2 Å². The summed E-state index contributed by atoms with van der Waals surface area (Å²) in [5, 5.41) is 3.84. The first-order chi connectivity index (χ1) is 12.8. The van der Waals surface area contributed by atoms with E-state index < -0.39 is 12.1 Å². The zero-order valence-electron chi connectivity index (χ0n) is 15.3. The molecule has 0 bridgehead atoms. The molecule has 5 nitrogen and oxygen atoms in total. The molecule has 1 aromatic carbocycles. The van der Waals surface area contributed by atoms with Crippen LogP contribution in [0.3, 0.4) is 0 Å². The topological polar surface area (TPSA) is 72.5 Å². The maximum atomic E-state index is 12.7. The number of ketones is 1. The number of amides is 1. The van der Waals surface area contributed by atoms with Crippen LogP contribution in [0.4, 0.5) is 5.00 Å². The summed E-state index contributed by atoms with van der Waals surface area (Å²) in [7, 11) is 0. The van der Waals surface area contributed by atoms with Crippen LogP contribution < -0.4 is 5.32 Å². The third kappa shape index (κ3) is 4.39. The summed E-state index contributed by atoms with van der Waals surface area (Å²) >= 11 is 7.18. The molecule has 0 radical (unpaired) electrons. The predicted octanol–water partition coefficient (Wildman–Crippen LogP) is 4.80. The summed E-state index contributed by atoms with van der Waals surface area (Å²) in [6.07, 6.45) is 0.800. The number of halogens is 1. The molecular formula is C20H20ClNO4S. The smallest absolute Gasteiger partial charge is 0.342 e. The van der Waals surface area contributed by atoms with E-state index >= 15 is 0 Å². The number of hydrogen-bond donors (Lipinski definition) is 1. The monoisotopic (exact) mass is 405 g/mol. The molecule has 1 fully saturated rings. The molecule has 2 aromatic rings. The van der Waals surface area contributed by atoms with Crippen molar-refractivity contribution in [2.75, 3.05) is 5.32 Å². The van der Waals surface area contributed by atoms with Gasteiger partial charge in [0.2, 0.25) is 11.7 Å². The average Bonchev–Trinajstić information content (AvgIpc) is 3.42. The Morgan fingerprint density at radius 1 is 1.19 bits per heavy atom. The van der Waals surface area contributed by atoms with Gasteiger partial charge >= 0.3 is 5.97 Å². The van der Waals surface area contributed by atoms with Crippen LogP contribution in [-0.4, -0.2) is 23.8 Å². The van der Waals surface area contributed by atoms with Crippen molar-refractivity contribution in [3.05, 3.63) is 50.9 Å². The average molecular weight is 406 g/mol. The molecule has 0 aliphatic heterocycles. The number of nitrogens with one attached hydrogen (secondary N) is 1. The normalized spacial score (nSPS) is 14.5. The molecule has 7 heteroatoms. The molecule has 1 aliphatic carbocycles. The number of benzene rings is 1. The van der Waals surface area contributed by atoms with Crippen LogP contribution in [-0.2, 0) is 9.53 Å². The molecular weight excluding hydrogens is 386 g/mol. The highest BCUT2D eigenvalue weighted by molar-refractivity contribution is 7.16. The van der Waals surface area contributed by atoms with E-state index in [0.717, 1.165) is 23.3 Å². The van der Waals surface area contributed by atoms with E-state index in [4.69, 9.17) is 16.3 Å². The number of thiophene rings is 1. The van der Waals surface area contributed by atoms with Crippen molar-refractivity contribution < 1.29 is 19.1 Å². The standard InChI is InChI=1S/C20H20ClNO4S/c1-10-12(3)27-19(22-18(24)14-4-5-14)16(10)20(25)26-11(2)17(23)13-6-8-15(21)9-7-13/h6-9,11,14H,4-5H2,1-3H3,(H,22,24)/t11-/m1/s1. The van der Waals surface area contributed by atoms with Gasteiger partial charge in [0.15, 0.2) is 6.10 Å². The van der Waals surface area contributed by atoms with Gasteiger partial charge in [0.05, 0.1) is 5.56 Å². The second-order valence-corrected chi connectivity index (χ2v) is 8.33. The van der Waals surface area contributed by atoms with Gasteiger partial charge in [0.1, 0.15) is 5.00 Å². The highest BCUT2D eigenvalue weighted by Crippen LogP contribution is 2.36. The molecule has 27 heavy (non-hydrogen) atoms. The molecule has 0 spiro atoms. The van der Waals surface area contributed by atoms with Gasteiger partial charge in [0.25, 0.3) is 0 Å². The van der Waals surface area contributed by atoms with Gasteiger partial charge < -0.3 is 10.1 Å². The van der Waals surface area contributed by atoms with Crippen molar-refractivity contribution in [2.24, 2.45) is 5.92 Å². The highest BCUT2D eigenvalue weighted by Gasteiger charge is 2.32. The zero-order valence-corrected chi connectivity index (χ0v) is 16.9. The number of ether oxygens (including phenoxy) is 1. The van der Waals surface area contributed by atoms with Gasteiger partial charge in [-0.05, 0) is 63.4 Å². The first kappa shape index (κ1) is 19.6. The molecule has 0 unspecified atom stereocenters. The van der Waals surface area contributed by atoms with Gasteiger partial charge in [-0.15, -0.1) is 11.3 Å². The molecule has 1 aromatic heterocycles. The van der Waals surface area contributed by atoms with Gasteiger partial charge in [-0.1, -0.05) is 11.6 Å². The van der Waals surface area contributed by atoms with Crippen molar-refractivity contribution in [1.29, 1.82) is 0 Å². The molecule has 0 saturated heterocycles. The number of hydrogen-bond acceptors (Lipinski definition) is 5. The Bertz CT molecular complexity index is 899. The summed E-state index contributed by atoms with van der Waals surface area (Å²) in [6.45, 7) is 5.22. The lowest BCUT2D eigenvalue weighted by molar-refractivity contribution is -0.117. The fourth-order valence-corrected chi connectivity index (χ4v) is 3.82. The number of anilines is 1. The minimum atomic E-state index is -0.953. The van der Waals surface area contributed by atoms with Crippen LogP contribution in [0.2, 0.25) is 5.02 Å². The van der Waals surface area contributed by atoms with Crippen LogP contribution in [0.5, 0.6) is 0 Å². The Morgan fingerprint density at radius 3 is 2.41 bits per heavy atom. The first-order valence-corrected chi connectivity index (χ1v) is 9.89. The van der Waals surface area contributed by atoms with Gasteiger partial charge in [-0.25, -0.2) is 4.79 Å². The fraction of sp³-hybridized carbons (Fsp3) is 0.350. The van der Waals surface area contributed by atoms with E-state index in [9.17, 15) is 14.4 Å². The van der Waals surface area contributed by atoms with Gasteiger partial charge in [0, 0.05) is 21.4 Å². The quantitative estimate of drug-likeness (QED) is 0.553. The summed E-state index contributed by atoms with van der Waals surface area (Å²) in [5.74, 6) is -0.969. The molecule has 142 valence electrons. The van der Waals surface area contributed by atoms with Crippen molar-refractivity contribution in [2.45, 2.75) is 39.7 Å². The fourth-order valence-electron chi connectivity index (χ4n) is 2.64. The molecule has 1 atom stereocenters. The van der Waals surface area contributed by atoms with E-state index in [1.807, 2.05) is 6.92 Å². The molecule has 1 aliphatic rings. The Hall–Kier alpha value is -2.18. The number of Topliss-reactive ketones (excluding diaryl/α,β-unsaturated/α-hetero) is 1. The largest absolute Gasteiger partial charge is 0.451 e. The molecule has 3 rings (SSSR count). The van der Waals surface area contributed by atoms with Crippen LogP contribution in [0.25, 0.3) is 0 Å². The third-order valence-corrected chi connectivity index (χ3v) is 5.93. The molecule has 1 saturated carbocycles. The third-order valence-electron chi connectivity index (χ3n) is 4.56. The maximum absolute atomic E-state index is 12.7. The Morgan fingerprint density at radius 2 is 1.81 bits per heavy atom.